The maximum Gasteiger partial charge on any atom is 0.307 e. The van der Waals surface area contributed by atoms with Gasteiger partial charge in [0, 0.05) is 24.7 Å². The van der Waals surface area contributed by atoms with Crippen molar-refractivity contribution in [3.63, 3.8) is 0 Å². The van der Waals surface area contributed by atoms with E-state index >= 15 is 0 Å². The van der Waals surface area contributed by atoms with Crippen LogP contribution in [0.25, 0.3) is 0 Å². The second kappa shape index (κ2) is 7.63. The van der Waals surface area contributed by atoms with Crippen molar-refractivity contribution in [2.75, 3.05) is 27.3 Å². The number of benzene rings is 1. The van der Waals surface area contributed by atoms with E-state index < -0.39 is 16.0 Å². The first-order valence-electron chi connectivity index (χ1n) is 6.28. The Morgan fingerprint density at radius 2 is 2.05 bits per heavy atom. The molecule has 118 valence electrons. The summed E-state index contributed by atoms with van der Waals surface area (Å²) >= 11 is 5.81. The number of nitrogens with zero attached hydrogens (tertiary/aromatic N) is 1. The van der Waals surface area contributed by atoms with Gasteiger partial charge < -0.3 is 9.47 Å². The van der Waals surface area contributed by atoms with Crippen LogP contribution in [0.15, 0.2) is 23.1 Å². The van der Waals surface area contributed by atoms with Gasteiger partial charge in [0.2, 0.25) is 10.0 Å². The highest BCUT2D eigenvalue weighted by Crippen LogP contribution is 2.29. The molecule has 1 rings (SSSR count). The summed E-state index contributed by atoms with van der Waals surface area (Å²) < 4.78 is 35.8. The first-order valence-corrected chi connectivity index (χ1v) is 8.10. The lowest BCUT2D eigenvalue weighted by Gasteiger charge is -2.18. The standard InChI is InChI=1S/C13H18ClNO5S/c1-4-20-13(16)7-8-15(2)21(17,18)12-6-5-10(14)9-11(12)19-3/h5-6,9H,4,7-8H2,1-3H3. The van der Waals surface area contributed by atoms with Gasteiger partial charge in [-0.15, -0.1) is 0 Å². The summed E-state index contributed by atoms with van der Waals surface area (Å²) in [5, 5.41) is 0.375. The van der Waals surface area contributed by atoms with Crippen LogP contribution in [0.1, 0.15) is 13.3 Å². The van der Waals surface area contributed by atoms with E-state index in [2.05, 4.69) is 0 Å². The number of methoxy groups -OCH3 is 1. The Morgan fingerprint density at radius 1 is 1.38 bits per heavy atom. The average Bonchev–Trinajstić information content (AvgIpc) is 2.44. The molecule has 0 amide bonds. The summed E-state index contributed by atoms with van der Waals surface area (Å²) in [6.45, 7) is 1.98. The molecule has 0 aromatic heterocycles. The summed E-state index contributed by atoms with van der Waals surface area (Å²) in [7, 11) is -1.01. The number of ether oxygens (including phenoxy) is 2. The van der Waals surface area contributed by atoms with Crippen molar-refractivity contribution in [1.29, 1.82) is 0 Å². The van der Waals surface area contributed by atoms with Gasteiger partial charge in [-0.05, 0) is 19.1 Å². The van der Waals surface area contributed by atoms with Gasteiger partial charge in [-0.1, -0.05) is 11.6 Å². The van der Waals surface area contributed by atoms with Crippen molar-refractivity contribution in [2.24, 2.45) is 0 Å². The van der Waals surface area contributed by atoms with Crippen molar-refractivity contribution in [1.82, 2.24) is 4.31 Å². The summed E-state index contributed by atoms with van der Waals surface area (Å²) in [6.07, 6.45) is -0.0144. The zero-order chi connectivity index (χ0) is 16.0. The van der Waals surface area contributed by atoms with Gasteiger partial charge in [0.1, 0.15) is 10.6 Å². The van der Waals surface area contributed by atoms with Gasteiger partial charge in [0.05, 0.1) is 20.1 Å². The van der Waals surface area contributed by atoms with Crippen molar-refractivity contribution in [3.05, 3.63) is 23.2 Å². The molecule has 0 aliphatic carbocycles. The van der Waals surface area contributed by atoms with Crippen LogP contribution in [0.3, 0.4) is 0 Å². The highest BCUT2D eigenvalue weighted by Gasteiger charge is 2.25. The first kappa shape index (κ1) is 17.7. The van der Waals surface area contributed by atoms with E-state index in [9.17, 15) is 13.2 Å². The van der Waals surface area contributed by atoms with Gasteiger partial charge in [0.15, 0.2) is 0 Å². The molecule has 8 heteroatoms. The Morgan fingerprint density at radius 3 is 2.62 bits per heavy atom. The van der Waals surface area contributed by atoms with Crippen molar-refractivity contribution >= 4 is 27.6 Å². The topological polar surface area (TPSA) is 72.9 Å². The van der Waals surface area contributed by atoms with E-state index in [0.717, 1.165) is 4.31 Å². The SMILES string of the molecule is CCOC(=O)CCN(C)S(=O)(=O)c1ccc(Cl)cc1OC. The van der Waals surface area contributed by atoms with Crippen LogP contribution in [0, 0.1) is 0 Å². The van der Waals surface area contributed by atoms with E-state index in [1.54, 1.807) is 6.92 Å². The smallest absolute Gasteiger partial charge is 0.307 e. The molecular formula is C13H18ClNO5S. The van der Waals surface area contributed by atoms with Crippen molar-refractivity contribution in [2.45, 2.75) is 18.2 Å². The molecule has 0 aliphatic heterocycles. The summed E-state index contributed by atoms with van der Waals surface area (Å²) in [5.74, 6) is -0.284. The van der Waals surface area contributed by atoms with Crippen molar-refractivity contribution in [3.8, 4) is 5.75 Å². The Kier molecular flexibility index (Phi) is 6.44. The minimum atomic E-state index is -3.77. The number of rotatable bonds is 7. The molecule has 1 aromatic rings. The molecular weight excluding hydrogens is 318 g/mol. The molecule has 0 unspecified atom stereocenters. The van der Waals surface area contributed by atoms with E-state index in [0.29, 0.717) is 5.02 Å². The molecule has 0 radical (unpaired) electrons. The lowest BCUT2D eigenvalue weighted by atomic mass is 10.3. The molecule has 0 saturated carbocycles. The van der Waals surface area contributed by atoms with E-state index in [1.165, 1.54) is 32.4 Å². The van der Waals surface area contributed by atoms with E-state index in [-0.39, 0.29) is 30.2 Å². The number of sulfonamides is 1. The zero-order valence-electron chi connectivity index (χ0n) is 12.1. The molecule has 0 bridgehead atoms. The Balaban J connectivity index is 2.92. The van der Waals surface area contributed by atoms with E-state index in [1.807, 2.05) is 0 Å². The molecule has 0 spiro atoms. The zero-order valence-corrected chi connectivity index (χ0v) is 13.7. The van der Waals surface area contributed by atoms with Crippen LogP contribution in [0.2, 0.25) is 5.02 Å². The second-order valence-corrected chi connectivity index (χ2v) is 6.63. The maximum atomic E-state index is 12.4. The number of hydrogen-bond donors (Lipinski definition) is 0. The van der Waals surface area contributed by atoms with Crippen LogP contribution in [-0.2, 0) is 19.6 Å². The molecule has 0 saturated heterocycles. The Labute approximate surface area is 129 Å². The Bertz CT molecular complexity index is 603. The second-order valence-electron chi connectivity index (χ2n) is 4.18. The monoisotopic (exact) mass is 335 g/mol. The van der Waals surface area contributed by atoms with Crippen LogP contribution in [-0.4, -0.2) is 46.0 Å². The highest BCUT2D eigenvalue weighted by atomic mass is 35.5. The van der Waals surface area contributed by atoms with Gasteiger partial charge in [0.25, 0.3) is 0 Å². The third-order valence-electron chi connectivity index (χ3n) is 2.75. The number of esters is 1. The fourth-order valence-corrected chi connectivity index (χ4v) is 3.09. The first-order chi connectivity index (χ1) is 9.82. The lowest BCUT2D eigenvalue weighted by Crippen LogP contribution is -2.29. The molecule has 1 aromatic carbocycles. The van der Waals surface area contributed by atoms with E-state index in [4.69, 9.17) is 21.1 Å². The molecule has 0 atom stereocenters. The molecule has 0 N–H and O–H groups in total. The predicted molar refractivity (Wildman–Crippen MR) is 79.1 cm³/mol. The number of hydrogen-bond acceptors (Lipinski definition) is 5. The van der Waals surface area contributed by atoms with Gasteiger partial charge in [-0.25, -0.2) is 12.7 Å². The minimum Gasteiger partial charge on any atom is -0.495 e. The van der Waals surface area contributed by atoms with Crippen LogP contribution in [0.4, 0.5) is 0 Å². The number of halogens is 1. The summed E-state index contributed by atoms with van der Waals surface area (Å²) in [6, 6.07) is 4.27. The molecule has 21 heavy (non-hydrogen) atoms. The average molecular weight is 336 g/mol. The van der Waals surface area contributed by atoms with Crippen molar-refractivity contribution < 1.29 is 22.7 Å². The van der Waals surface area contributed by atoms with Crippen LogP contribution in [0.5, 0.6) is 5.75 Å². The number of carbonyl (C=O) groups excluding carboxylic acids is 1. The number of carbonyl (C=O) groups is 1. The third-order valence-corrected chi connectivity index (χ3v) is 4.88. The molecule has 0 heterocycles. The van der Waals surface area contributed by atoms with Gasteiger partial charge in [-0.3, -0.25) is 4.79 Å². The van der Waals surface area contributed by atoms with Crippen LogP contribution < -0.4 is 4.74 Å². The van der Waals surface area contributed by atoms with Gasteiger partial charge in [-0.2, -0.15) is 0 Å². The highest BCUT2D eigenvalue weighted by molar-refractivity contribution is 7.89. The molecule has 6 nitrogen and oxygen atoms in total. The van der Waals surface area contributed by atoms with Crippen LogP contribution >= 0.6 is 11.6 Å². The largest absolute Gasteiger partial charge is 0.495 e. The van der Waals surface area contributed by atoms with Gasteiger partial charge >= 0.3 is 5.97 Å². The molecule has 0 aliphatic rings. The fraction of sp³-hybridized carbons (Fsp3) is 0.462. The maximum absolute atomic E-state index is 12.4. The summed E-state index contributed by atoms with van der Waals surface area (Å²) in [5.41, 5.74) is 0. The lowest BCUT2D eigenvalue weighted by molar-refractivity contribution is -0.143. The quantitative estimate of drug-likeness (QED) is 0.712. The fourth-order valence-electron chi connectivity index (χ4n) is 1.62. The molecule has 0 fully saturated rings. The third kappa shape index (κ3) is 4.59. The normalized spacial score (nSPS) is 11.5. The predicted octanol–water partition coefficient (Wildman–Crippen LogP) is 1.92. The minimum absolute atomic E-state index is 0.000703. The Hall–Kier alpha value is -1.31. The summed E-state index contributed by atoms with van der Waals surface area (Å²) in [4.78, 5) is 11.3.